The number of benzene rings is 1. The molecule has 2 aromatic rings. The predicted molar refractivity (Wildman–Crippen MR) is 102 cm³/mol. The summed E-state index contributed by atoms with van der Waals surface area (Å²) in [7, 11) is 2.05. The lowest BCUT2D eigenvalue weighted by molar-refractivity contribution is -0.133. The van der Waals surface area contributed by atoms with Crippen LogP contribution in [-0.4, -0.2) is 40.9 Å². The van der Waals surface area contributed by atoms with E-state index in [0.29, 0.717) is 12.5 Å². The van der Waals surface area contributed by atoms with Crippen LogP contribution in [0.4, 0.5) is 5.82 Å². The second kappa shape index (κ2) is 6.71. The van der Waals surface area contributed by atoms with Crippen LogP contribution in [0.3, 0.4) is 0 Å². The molecule has 0 N–H and O–H groups in total. The van der Waals surface area contributed by atoms with Crippen LogP contribution in [0.15, 0.2) is 30.3 Å². The van der Waals surface area contributed by atoms with E-state index in [9.17, 15) is 4.79 Å². The van der Waals surface area contributed by atoms with Crippen LogP contribution < -0.4 is 4.90 Å². The van der Waals surface area contributed by atoms with E-state index in [-0.39, 0.29) is 11.8 Å². The summed E-state index contributed by atoms with van der Waals surface area (Å²) < 4.78 is 0. The first kappa shape index (κ1) is 17.0. The molecule has 1 aliphatic carbocycles. The van der Waals surface area contributed by atoms with Crippen LogP contribution in [0.5, 0.6) is 0 Å². The number of hydrogen-bond donors (Lipinski definition) is 0. The van der Waals surface area contributed by atoms with Crippen LogP contribution >= 0.6 is 0 Å². The summed E-state index contributed by atoms with van der Waals surface area (Å²) in [6, 6.07) is 10.4. The molecule has 1 amide bonds. The molecule has 0 bridgehead atoms. The summed E-state index contributed by atoms with van der Waals surface area (Å²) in [6.07, 6.45) is 1.79. The van der Waals surface area contributed by atoms with Crippen molar-refractivity contribution in [1.29, 1.82) is 0 Å². The highest BCUT2D eigenvalue weighted by atomic mass is 16.2. The lowest BCUT2D eigenvalue weighted by Crippen LogP contribution is -2.39. The first-order valence-corrected chi connectivity index (χ1v) is 9.49. The van der Waals surface area contributed by atoms with Crippen molar-refractivity contribution in [3.8, 4) is 0 Å². The lowest BCUT2D eigenvalue weighted by atomic mass is 10.0. The third-order valence-electron chi connectivity index (χ3n) is 5.63. The van der Waals surface area contributed by atoms with Gasteiger partial charge in [-0.05, 0) is 31.7 Å². The third-order valence-corrected chi connectivity index (χ3v) is 5.63. The Kier molecular flexibility index (Phi) is 4.39. The molecular weight excluding hydrogens is 324 g/mol. The van der Waals surface area contributed by atoms with Crippen molar-refractivity contribution in [3.63, 3.8) is 0 Å². The summed E-state index contributed by atoms with van der Waals surface area (Å²) >= 11 is 0. The molecule has 0 saturated heterocycles. The van der Waals surface area contributed by atoms with Crippen molar-refractivity contribution >= 4 is 11.7 Å². The van der Waals surface area contributed by atoms with Gasteiger partial charge in [0.1, 0.15) is 11.6 Å². The van der Waals surface area contributed by atoms with Crippen molar-refractivity contribution in [1.82, 2.24) is 14.9 Å². The van der Waals surface area contributed by atoms with Crippen LogP contribution in [0.25, 0.3) is 0 Å². The van der Waals surface area contributed by atoms with Crippen LogP contribution in [0.1, 0.15) is 41.9 Å². The monoisotopic (exact) mass is 350 g/mol. The van der Waals surface area contributed by atoms with Gasteiger partial charge in [-0.1, -0.05) is 30.3 Å². The van der Waals surface area contributed by atoms with Gasteiger partial charge in [-0.2, -0.15) is 0 Å². The minimum Gasteiger partial charge on any atom is -0.360 e. The number of rotatable bonds is 4. The molecule has 136 valence electrons. The largest absolute Gasteiger partial charge is 0.360 e. The first-order valence-electron chi connectivity index (χ1n) is 9.49. The van der Waals surface area contributed by atoms with Crippen LogP contribution in [0, 0.1) is 12.8 Å². The third kappa shape index (κ3) is 3.06. The van der Waals surface area contributed by atoms with Gasteiger partial charge >= 0.3 is 0 Å². The minimum atomic E-state index is 0.137. The van der Waals surface area contributed by atoms with Crippen molar-refractivity contribution in [3.05, 3.63) is 53.0 Å². The van der Waals surface area contributed by atoms with E-state index < -0.39 is 0 Å². The van der Waals surface area contributed by atoms with E-state index in [2.05, 4.69) is 53.1 Å². The fraction of sp³-hybridized carbons (Fsp3) is 0.476. The molecule has 1 aliphatic heterocycles. The number of fused-ring (bicyclic) bond motifs is 1. The SMILES string of the molecule is CCN(C)c1nc(C)nc2c1CN(C(=O)[C@@H]1C[C@H]1c1ccccc1)CC2. The normalized spacial score (nSPS) is 21.3. The molecule has 1 saturated carbocycles. The Hall–Kier alpha value is -2.43. The Morgan fingerprint density at radius 1 is 1.27 bits per heavy atom. The molecule has 5 nitrogen and oxygen atoms in total. The van der Waals surface area contributed by atoms with Crippen LogP contribution in [0.2, 0.25) is 0 Å². The Morgan fingerprint density at radius 3 is 2.77 bits per heavy atom. The number of amides is 1. The zero-order valence-corrected chi connectivity index (χ0v) is 15.8. The number of hydrogen-bond acceptors (Lipinski definition) is 4. The maximum absolute atomic E-state index is 13.0. The Labute approximate surface area is 155 Å². The standard InChI is InChI=1S/C21H26N4O/c1-4-24(3)20-18-13-25(11-10-19(18)22-14(2)23-20)21(26)17-12-16(17)15-8-6-5-7-9-15/h5-9,16-17H,4,10-13H2,1-3H3/t16-,17+/m0/s1. The van der Waals surface area contributed by atoms with E-state index in [0.717, 1.165) is 48.8 Å². The quantitative estimate of drug-likeness (QED) is 0.851. The van der Waals surface area contributed by atoms with E-state index in [1.807, 2.05) is 17.9 Å². The molecule has 2 atom stereocenters. The van der Waals surface area contributed by atoms with E-state index >= 15 is 0 Å². The zero-order chi connectivity index (χ0) is 18.3. The average Bonchev–Trinajstić information content (AvgIpc) is 3.47. The Balaban J connectivity index is 1.53. The molecule has 0 radical (unpaired) electrons. The second-order valence-electron chi connectivity index (χ2n) is 7.40. The zero-order valence-electron chi connectivity index (χ0n) is 15.8. The average molecular weight is 350 g/mol. The van der Waals surface area contributed by atoms with E-state index in [4.69, 9.17) is 0 Å². The maximum Gasteiger partial charge on any atom is 0.226 e. The molecule has 4 rings (SSSR count). The number of anilines is 1. The summed E-state index contributed by atoms with van der Waals surface area (Å²) in [6.45, 7) is 6.33. The highest BCUT2D eigenvalue weighted by molar-refractivity contribution is 5.83. The highest BCUT2D eigenvalue weighted by Crippen LogP contribution is 2.48. The first-order chi connectivity index (χ1) is 12.6. The smallest absolute Gasteiger partial charge is 0.226 e. The van der Waals surface area contributed by atoms with E-state index in [1.54, 1.807) is 0 Å². The van der Waals surface area contributed by atoms with Crippen molar-refractivity contribution in [2.45, 2.75) is 39.2 Å². The number of carbonyl (C=O) groups excluding carboxylic acids is 1. The van der Waals surface area contributed by atoms with Gasteiger partial charge in [-0.15, -0.1) is 0 Å². The molecule has 0 spiro atoms. The Morgan fingerprint density at radius 2 is 2.04 bits per heavy atom. The number of nitrogens with zero attached hydrogens (tertiary/aromatic N) is 4. The van der Waals surface area contributed by atoms with Crippen molar-refractivity contribution in [2.75, 3.05) is 25.0 Å². The number of aryl methyl sites for hydroxylation is 1. The van der Waals surface area contributed by atoms with Crippen LogP contribution in [-0.2, 0) is 17.8 Å². The van der Waals surface area contributed by atoms with Crippen molar-refractivity contribution in [2.24, 2.45) is 5.92 Å². The van der Waals surface area contributed by atoms with E-state index in [1.165, 1.54) is 5.56 Å². The fourth-order valence-corrected chi connectivity index (χ4v) is 3.94. The number of aromatic nitrogens is 2. The maximum atomic E-state index is 13.0. The molecule has 1 aromatic heterocycles. The van der Waals surface area contributed by atoms with Gasteiger partial charge in [0, 0.05) is 38.0 Å². The van der Waals surface area contributed by atoms with Crippen molar-refractivity contribution < 1.29 is 4.79 Å². The topological polar surface area (TPSA) is 49.3 Å². The van der Waals surface area contributed by atoms with Gasteiger partial charge in [-0.3, -0.25) is 4.79 Å². The highest BCUT2D eigenvalue weighted by Gasteiger charge is 2.46. The van der Waals surface area contributed by atoms with Gasteiger partial charge in [0.2, 0.25) is 5.91 Å². The van der Waals surface area contributed by atoms with Gasteiger partial charge in [0.15, 0.2) is 0 Å². The molecule has 1 fully saturated rings. The molecule has 1 aromatic carbocycles. The summed E-state index contributed by atoms with van der Waals surface area (Å²) in [5.41, 5.74) is 3.51. The van der Waals surface area contributed by atoms with Gasteiger partial charge in [0.25, 0.3) is 0 Å². The Bertz CT molecular complexity index is 820. The molecule has 26 heavy (non-hydrogen) atoms. The van der Waals surface area contributed by atoms with Gasteiger partial charge in [0.05, 0.1) is 12.2 Å². The molecule has 2 heterocycles. The van der Waals surface area contributed by atoms with Gasteiger partial charge in [-0.25, -0.2) is 9.97 Å². The molecule has 5 heteroatoms. The van der Waals surface area contributed by atoms with Gasteiger partial charge < -0.3 is 9.80 Å². The predicted octanol–water partition coefficient (Wildman–Crippen LogP) is 2.93. The summed E-state index contributed by atoms with van der Waals surface area (Å²) in [4.78, 5) is 26.5. The summed E-state index contributed by atoms with van der Waals surface area (Å²) in [5, 5.41) is 0. The minimum absolute atomic E-state index is 0.137. The molecule has 2 aliphatic rings. The molecular formula is C21H26N4O. The lowest BCUT2D eigenvalue weighted by Gasteiger charge is -2.31. The molecule has 0 unspecified atom stereocenters. The second-order valence-corrected chi connectivity index (χ2v) is 7.40. The fourth-order valence-electron chi connectivity index (χ4n) is 3.94. The number of carbonyl (C=O) groups is 1. The summed E-state index contributed by atoms with van der Waals surface area (Å²) in [5.74, 6) is 2.60.